The van der Waals surface area contributed by atoms with Crippen LogP contribution in [0.3, 0.4) is 0 Å². The summed E-state index contributed by atoms with van der Waals surface area (Å²) >= 11 is 12.8. The number of hydrogen-bond donors (Lipinski definition) is 0. The van der Waals surface area contributed by atoms with E-state index < -0.39 is 0 Å². The monoisotopic (exact) mass is 415 g/mol. The van der Waals surface area contributed by atoms with E-state index in [9.17, 15) is 0 Å². The normalized spacial score (nSPS) is 11.6. The molecular weight excluding hydrogens is 397 g/mol. The van der Waals surface area contributed by atoms with Gasteiger partial charge in [0.05, 0.1) is 22.7 Å². The average molecular weight is 416 g/mol. The molecule has 0 aliphatic rings. The molecule has 0 N–H and O–H groups in total. The lowest BCUT2D eigenvalue weighted by atomic mass is 10.1. The quantitative estimate of drug-likeness (QED) is 0.454. The summed E-state index contributed by atoms with van der Waals surface area (Å²) in [5, 5.41) is 1.77. The van der Waals surface area contributed by atoms with Gasteiger partial charge in [0.25, 0.3) is 5.95 Å². The third-order valence-corrected chi connectivity index (χ3v) is 4.21. The summed E-state index contributed by atoms with van der Waals surface area (Å²) < 4.78 is 0. The first-order chi connectivity index (χ1) is 13.3. The van der Waals surface area contributed by atoms with E-state index in [4.69, 9.17) is 23.2 Å². The second-order valence-corrected chi connectivity index (χ2v) is 7.27. The van der Waals surface area contributed by atoms with Crippen LogP contribution in [-0.4, -0.2) is 65.6 Å². The van der Waals surface area contributed by atoms with Gasteiger partial charge in [-0.2, -0.15) is 4.98 Å². The van der Waals surface area contributed by atoms with Crippen molar-refractivity contribution in [3.05, 3.63) is 40.5 Å². The van der Waals surface area contributed by atoms with Crippen LogP contribution in [0.4, 0.5) is 11.8 Å². The minimum absolute atomic E-state index is 0.319. The first-order valence-electron chi connectivity index (χ1n) is 8.38. The van der Waals surface area contributed by atoms with Crippen molar-refractivity contribution in [3.8, 4) is 11.1 Å². The van der Waals surface area contributed by atoms with Gasteiger partial charge in [0.15, 0.2) is 11.5 Å². The lowest BCUT2D eigenvalue weighted by molar-refractivity contribution is 0.642. The predicted molar refractivity (Wildman–Crippen MR) is 116 cm³/mol. The topological polar surface area (TPSA) is 69.9 Å². The highest BCUT2D eigenvalue weighted by Gasteiger charge is 2.16. The van der Waals surface area contributed by atoms with E-state index in [-0.39, 0.29) is 0 Å². The Hall–Kier alpha value is -2.77. The van der Waals surface area contributed by atoms with Gasteiger partial charge < -0.3 is 9.80 Å². The molecule has 0 atom stereocenters. The molecule has 7 nitrogen and oxygen atoms in total. The highest BCUT2D eigenvalue weighted by atomic mass is 35.5. The van der Waals surface area contributed by atoms with E-state index in [1.54, 1.807) is 42.0 Å². The standard InChI is InChI=1S/C19H19Cl2N7/c1-27(2)10-23-18-13(16-14(20)6-5-7-15(16)21)8-12-9-22-19(24-11-28(3)4)26-17(12)25-18/h5-11H,1-4H3. The molecule has 3 aromatic rings. The maximum Gasteiger partial charge on any atom is 0.252 e. The summed E-state index contributed by atoms with van der Waals surface area (Å²) in [6.45, 7) is 0. The number of aliphatic imine (C=N–C) groups is 2. The Bertz CT molecular complexity index is 1040. The molecule has 0 saturated heterocycles. The number of nitrogens with zero attached hydrogens (tertiary/aromatic N) is 7. The summed E-state index contributed by atoms with van der Waals surface area (Å²) in [6, 6.07) is 7.24. The van der Waals surface area contributed by atoms with Crippen molar-refractivity contribution in [2.75, 3.05) is 28.2 Å². The Kier molecular flexibility index (Phi) is 6.06. The lowest BCUT2D eigenvalue weighted by Gasteiger charge is -2.11. The van der Waals surface area contributed by atoms with E-state index in [0.717, 1.165) is 5.39 Å². The van der Waals surface area contributed by atoms with Gasteiger partial charge in [-0.05, 0) is 18.2 Å². The van der Waals surface area contributed by atoms with Crippen molar-refractivity contribution in [2.45, 2.75) is 0 Å². The second-order valence-electron chi connectivity index (χ2n) is 6.46. The molecular formula is C19H19Cl2N7. The van der Waals surface area contributed by atoms with Crippen molar-refractivity contribution in [3.63, 3.8) is 0 Å². The Morgan fingerprint density at radius 3 is 2.21 bits per heavy atom. The van der Waals surface area contributed by atoms with Gasteiger partial charge in [0.1, 0.15) is 0 Å². The van der Waals surface area contributed by atoms with Crippen LogP contribution < -0.4 is 0 Å². The molecule has 28 heavy (non-hydrogen) atoms. The van der Waals surface area contributed by atoms with E-state index in [0.29, 0.717) is 38.6 Å². The molecule has 144 valence electrons. The smallest absolute Gasteiger partial charge is 0.252 e. The molecule has 0 aliphatic carbocycles. The highest BCUT2D eigenvalue weighted by molar-refractivity contribution is 6.39. The molecule has 0 aliphatic heterocycles. The van der Waals surface area contributed by atoms with E-state index >= 15 is 0 Å². The maximum absolute atomic E-state index is 6.42. The van der Waals surface area contributed by atoms with E-state index in [2.05, 4.69) is 24.9 Å². The van der Waals surface area contributed by atoms with Gasteiger partial charge >= 0.3 is 0 Å². The second kappa shape index (κ2) is 8.50. The number of benzene rings is 1. The van der Waals surface area contributed by atoms with E-state index in [1.807, 2.05) is 39.2 Å². The fourth-order valence-corrected chi connectivity index (χ4v) is 2.98. The van der Waals surface area contributed by atoms with Crippen LogP contribution >= 0.6 is 23.2 Å². The van der Waals surface area contributed by atoms with Crippen LogP contribution in [0.2, 0.25) is 10.0 Å². The van der Waals surface area contributed by atoms with Crippen LogP contribution in [0, 0.1) is 0 Å². The minimum Gasteiger partial charge on any atom is -0.369 e. The number of aromatic nitrogens is 3. The molecule has 2 heterocycles. The van der Waals surface area contributed by atoms with Gasteiger partial charge in [-0.3, -0.25) is 0 Å². The average Bonchev–Trinajstić information content (AvgIpc) is 2.64. The molecule has 0 bridgehead atoms. The van der Waals surface area contributed by atoms with Crippen molar-refractivity contribution in [1.29, 1.82) is 0 Å². The molecule has 1 aromatic carbocycles. The number of fused-ring (bicyclic) bond motifs is 1. The molecule has 3 rings (SSSR count). The first-order valence-corrected chi connectivity index (χ1v) is 9.14. The van der Waals surface area contributed by atoms with E-state index in [1.165, 1.54) is 0 Å². The molecule has 0 fully saturated rings. The summed E-state index contributed by atoms with van der Waals surface area (Å²) in [5.74, 6) is 0.775. The zero-order chi connectivity index (χ0) is 20.3. The number of hydrogen-bond acceptors (Lipinski definition) is 5. The zero-order valence-electron chi connectivity index (χ0n) is 15.9. The Labute approximate surface area is 173 Å². The minimum atomic E-state index is 0.319. The van der Waals surface area contributed by atoms with Crippen LogP contribution in [0.25, 0.3) is 22.2 Å². The van der Waals surface area contributed by atoms with Gasteiger partial charge in [0.2, 0.25) is 0 Å². The fourth-order valence-electron chi connectivity index (χ4n) is 2.38. The summed E-state index contributed by atoms with van der Waals surface area (Å²) in [5.41, 5.74) is 1.86. The number of pyridine rings is 1. The van der Waals surface area contributed by atoms with Crippen LogP contribution in [0.5, 0.6) is 0 Å². The Morgan fingerprint density at radius 1 is 0.929 bits per heavy atom. The molecule has 0 amide bonds. The molecule has 0 saturated carbocycles. The van der Waals surface area contributed by atoms with Gasteiger partial charge in [-0.25, -0.2) is 20.0 Å². The number of halogens is 2. The van der Waals surface area contributed by atoms with Gasteiger partial charge in [-0.1, -0.05) is 29.3 Å². The van der Waals surface area contributed by atoms with Gasteiger partial charge in [-0.15, -0.1) is 0 Å². The lowest BCUT2D eigenvalue weighted by Crippen LogP contribution is -2.07. The fraction of sp³-hybridized carbons (Fsp3) is 0.211. The van der Waals surface area contributed by atoms with Crippen molar-refractivity contribution < 1.29 is 0 Å². The number of rotatable bonds is 5. The largest absolute Gasteiger partial charge is 0.369 e. The Morgan fingerprint density at radius 2 is 1.57 bits per heavy atom. The summed E-state index contributed by atoms with van der Waals surface area (Å²) in [7, 11) is 7.50. The molecule has 9 heteroatoms. The molecule has 0 unspecified atom stereocenters. The molecule has 0 radical (unpaired) electrons. The summed E-state index contributed by atoms with van der Waals surface area (Å²) in [4.78, 5) is 25.6. The molecule has 2 aromatic heterocycles. The van der Waals surface area contributed by atoms with Crippen molar-refractivity contribution in [2.24, 2.45) is 9.98 Å². The van der Waals surface area contributed by atoms with Crippen LogP contribution in [0.15, 0.2) is 40.4 Å². The summed E-state index contributed by atoms with van der Waals surface area (Å²) in [6.07, 6.45) is 4.96. The molecule has 0 spiro atoms. The van der Waals surface area contributed by atoms with Crippen molar-refractivity contribution in [1.82, 2.24) is 24.8 Å². The SMILES string of the molecule is CN(C)C=Nc1ncc2cc(-c3c(Cl)cccc3Cl)c(N=CN(C)C)nc2n1. The van der Waals surface area contributed by atoms with Crippen LogP contribution in [-0.2, 0) is 0 Å². The third kappa shape index (κ3) is 4.55. The predicted octanol–water partition coefficient (Wildman–Crippen LogP) is 4.44. The van der Waals surface area contributed by atoms with Crippen molar-refractivity contribution >= 4 is 58.7 Å². The highest BCUT2D eigenvalue weighted by Crippen LogP contribution is 2.40. The zero-order valence-corrected chi connectivity index (χ0v) is 17.4. The van der Waals surface area contributed by atoms with Gasteiger partial charge in [0, 0.05) is 50.9 Å². The Balaban J connectivity index is 2.22. The first kappa shape index (κ1) is 20.0. The van der Waals surface area contributed by atoms with Crippen LogP contribution in [0.1, 0.15) is 0 Å². The maximum atomic E-state index is 6.42. The third-order valence-electron chi connectivity index (χ3n) is 3.58.